The van der Waals surface area contributed by atoms with E-state index in [2.05, 4.69) is 10.3 Å². The summed E-state index contributed by atoms with van der Waals surface area (Å²) in [5.74, 6) is 0. The maximum Gasteiger partial charge on any atom is 0.258 e. The van der Waals surface area contributed by atoms with E-state index in [0.717, 1.165) is 5.56 Å². The Kier molecular flexibility index (Phi) is 4.62. The minimum absolute atomic E-state index is 0.0368. The number of aliphatic hydroxyl groups is 1. The molecule has 2 N–H and O–H groups in total. The fourth-order valence-corrected chi connectivity index (χ4v) is 3.15. The summed E-state index contributed by atoms with van der Waals surface area (Å²) in [6.07, 6.45) is 2.34. The van der Waals surface area contributed by atoms with Gasteiger partial charge < -0.3 is 10.4 Å². The monoisotopic (exact) mass is 315 g/mol. The van der Waals surface area contributed by atoms with Gasteiger partial charge in [-0.2, -0.15) is 0 Å². The molecule has 0 bridgehead atoms. The van der Waals surface area contributed by atoms with E-state index in [4.69, 9.17) is 0 Å². The summed E-state index contributed by atoms with van der Waals surface area (Å²) in [6, 6.07) is 11.6. The topological polar surface area (TPSA) is 66.6 Å². The van der Waals surface area contributed by atoms with Crippen molar-refractivity contribution in [1.29, 1.82) is 0 Å². The van der Waals surface area contributed by atoms with E-state index in [0.29, 0.717) is 23.6 Å². The summed E-state index contributed by atoms with van der Waals surface area (Å²) in [4.78, 5) is 17.1. The highest BCUT2D eigenvalue weighted by molar-refractivity contribution is 7.15. The van der Waals surface area contributed by atoms with Gasteiger partial charge in [-0.25, -0.2) is 4.98 Å². The Morgan fingerprint density at radius 2 is 2.14 bits per heavy atom. The van der Waals surface area contributed by atoms with Crippen LogP contribution in [-0.4, -0.2) is 21.1 Å². The lowest BCUT2D eigenvalue weighted by molar-refractivity contribution is 0.265. The van der Waals surface area contributed by atoms with Crippen molar-refractivity contribution in [2.75, 3.05) is 6.61 Å². The predicted molar refractivity (Wildman–Crippen MR) is 87.1 cm³/mol. The van der Waals surface area contributed by atoms with Gasteiger partial charge in [0.25, 0.3) is 5.56 Å². The van der Waals surface area contributed by atoms with Crippen molar-refractivity contribution in [2.45, 2.75) is 19.0 Å². The van der Waals surface area contributed by atoms with Crippen LogP contribution in [0.3, 0.4) is 0 Å². The molecule has 5 nitrogen and oxygen atoms in total. The minimum atomic E-state index is -0.0681. The molecule has 114 valence electrons. The predicted octanol–water partition coefficient (Wildman–Crippen LogP) is 1.97. The van der Waals surface area contributed by atoms with Gasteiger partial charge in [0.2, 0.25) is 0 Å². The van der Waals surface area contributed by atoms with Gasteiger partial charge in [-0.15, -0.1) is 11.3 Å². The number of fused-ring (bicyclic) bond motifs is 1. The maximum absolute atomic E-state index is 12.0. The molecule has 0 radical (unpaired) electrons. The Bertz CT molecular complexity index is 798. The van der Waals surface area contributed by atoms with Crippen molar-refractivity contribution < 1.29 is 5.11 Å². The molecule has 3 aromatic rings. The number of hydrogen-bond donors (Lipinski definition) is 2. The zero-order valence-corrected chi connectivity index (χ0v) is 12.8. The Labute approximate surface area is 131 Å². The largest absolute Gasteiger partial charge is 0.396 e. The van der Waals surface area contributed by atoms with Crippen LogP contribution in [0.15, 0.2) is 52.8 Å². The number of thiazole rings is 1. The molecule has 1 unspecified atom stereocenters. The van der Waals surface area contributed by atoms with Crippen molar-refractivity contribution >= 4 is 16.3 Å². The van der Waals surface area contributed by atoms with E-state index in [-0.39, 0.29) is 18.2 Å². The third-order valence-electron chi connectivity index (χ3n) is 3.51. The maximum atomic E-state index is 12.0. The Morgan fingerprint density at radius 3 is 2.91 bits per heavy atom. The summed E-state index contributed by atoms with van der Waals surface area (Å²) < 4.78 is 1.54. The molecule has 1 aromatic carbocycles. The second kappa shape index (κ2) is 6.83. The van der Waals surface area contributed by atoms with Crippen LogP contribution in [0, 0.1) is 0 Å². The lowest BCUT2D eigenvalue weighted by Gasteiger charge is -2.18. The SMILES string of the molecule is O=c1cc(CNC(CCO)c2ccccc2)nc2sccn12. The first kappa shape index (κ1) is 14.9. The molecule has 22 heavy (non-hydrogen) atoms. The Balaban J connectivity index is 1.77. The zero-order chi connectivity index (χ0) is 15.4. The van der Waals surface area contributed by atoms with Crippen LogP contribution in [0.2, 0.25) is 0 Å². The van der Waals surface area contributed by atoms with Gasteiger partial charge >= 0.3 is 0 Å². The number of nitrogens with zero attached hydrogens (tertiary/aromatic N) is 2. The first-order valence-electron chi connectivity index (χ1n) is 7.13. The van der Waals surface area contributed by atoms with E-state index >= 15 is 0 Å². The van der Waals surface area contributed by atoms with Gasteiger partial charge in [-0.3, -0.25) is 9.20 Å². The van der Waals surface area contributed by atoms with Crippen molar-refractivity contribution in [3.63, 3.8) is 0 Å². The number of benzene rings is 1. The van der Waals surface area contributed by atoms with Gasteiger partial charge in [0.1, 0.15) is 0 Å². The first-order chi connectivity index (χ1) is 10.8. The quantitative estimate of drug-likeness (QED) is 0.730. The third kappa shape index (κ3) is 3.24. The normalized spacial score (nSPS) is 12.6. The standard InChI is InChI=1S/C16H17N3O2S/c20-8-6-14(12-4-2-1-3-5-12)17-11-13-10-15(21)19-7-9-22-16(19)18-13/h1-5,7,9-10,14,17,20H,6,8,11H2. The summed E-state index contributed by atoms with van der Waals surface area (Å²) in [6.45, 7) is 0.593. The van der Waals surface area contributed by atoms with Crippen LogP contribution in [0.1, 0.15) is 23.7 Å². The number of nitrogens with one attached hydrogen (secondary N) is 1. The molecule has 2 heterocycles. The molecule has 0 saturated heterocycles. The number of hydrogen-bond acceptors (Lipinski definition) is 5. The highest BCUT2D eigenvalue weighted by Crippen LogP contribution is 2.16. The van der Waals surface area contributed by atoms with Crippen LogP contribution in [0.25, 0.3) is 4.96 Å². The summed E-state index contributed by atoms with van der Waals surface area (Å²) in [5.41, 5.74) is 1.76. The Hall–Kier alpha value is -2.02. The number of rotatable bonds is 6. The van der Waals surface area contributed by atoms with E-state index in [9.17, 15) is 9.90 Å². The fourth-order valence-electron chi connectivity index (χ4n) is 2.41. The van der Waals surface area contributed by atoms with Gasteiger partial charge in [0.05, 0.1) is 5.69 Å². The van der Waals surface area contributed by atoms with Crippen LogP contribution in [0.4, 0.5) is 0 Å². The van der Waals surface area contributed by atoms with Crippen LogP contribution < -0.4 is 10.9 Å². The molecular formula is C16H17N3O2S. The molecule has 6 heteroatoms. The van der Waals surface area contributed by atoms with Crippen molar-refractivity contribution in [2.24, 2.45) is 0 Å². The summed E-state index contributed by atoms with van der Waals surface area (Å²) in [5, 5.41) is 14.5. The van der Waals surface area contributed by atoms with Gasteiger partial charge in [0.15, 0.2) is 4.96 Å². The Morgan fingerprint density at radius 1 is 1.32 bits per heavy atom. The second-order valence-electron chi connectivity index (χ2n) is 5.00. The molecule has 0 aliphatic heterocycles. The molecule has 0 amide bonds. The average Bonchev–Trinajstić information content (AvgIpc) is 3.01. The van der Waals surface area contributed by atoms with Crippen molar-refractivity contribution in [3.05, 3.63) is 69.6 Å². The zero-order valence-electron chi connectivity index (χ0n) is 12.0. The molecule has 0 aliphatic carbocycles. The number of aliphatic hydroxyl groups excluding tert-OH is 1. The summed E-state index contributed by atoms with van der Waals surface area (Å²) in [7, 11) is 0. The first-order valence-corrected chi connectivity index (χ1v) is 8.01. The molecule has 0 aliphatic rings. The van der Waals surface area contributed by atoms with E-state index in [1.807, 2.05) is 35.7 Å². The van der Waals surface area contributed by atoms with Gasteiger partial charge in [-0.05, 0) is 12.0 Å². The van der Waals surface area contributed by atoms with E-state index in [1.54, 1.807) is 12.3 Å². The molecule has 3 rings (SSSR count). The van der Waals surface area contributed by atoms with Crippen LogP contribution >= 0.6 is 11.3 Å². The highest BCUT2D eigenvalue weighted by Gasteiger charge is 2.11. The average molecular weight is 315 g/mol. The molecule has 0 fully saturated rings. The van der Waals surface area contributed by atoms with Gasteiger partial charge in [0, 0.05) is 36.8 Å². The van der Waals surface area contributed by atoms with Crippen molar-refractivity contribution in [3.8, 4) is 0 Å². The third-order valence-corrected chi connectivity index (χ3v) is 4.26. The van der Waals surface area contributed by atoms with Gasteiger partial charge in [-0.1, -0.05) is 30.3 Å². The molecular weight excluding hydrogens is 298 g/mol. The lowest BCUT2D eigenvalue weighted by atomic mass is 10.0. The molecule has 2 aromatic heterocycles. The van der Waals surface area contributed by atoms with Crippen molar-refractivity contribution in [1.82, 2.24) is 14.7 Å². The van der Waals surface area contributed by atoms with Crippen LogP contribution in [0.5, 0.6) is 0 Å². The molecule has 0 spiro atoms. The van der Waals surface area contributed by atoms with E-state index < -0.39 is 0 Å². The molecule has 0 saturated carbocycles. The number of aromatic nitrogens is 2. The molecule has 1 atom stereocenters. The lowest BCUT2D eigenvalue weighted by Crippen LogP contribution is -2.24. The second-order valence-corrected chi connectivity index (χ2v) is 5.87. The fraction of sp³-hybridized carbons (Fsp3) is 0.250. The van der Waals surface area contributed by atoms with E-state index in [1.165, 1.54) is 15.7 Å². The minimum Gasteiger partial charge on any atom is -0.396 e. The van der Waals surface area contributed by atoms with Crippen LogP contribution in [-0.2, 0) is 6.54 Å². The smallest absolute Gasteiger partial charge is 0.258 e. The summed E-state index contributed by atoms with van der Waals surface area (Å²) >= 11 is 1.44. The highest BCUT2D eigenvalue weighted by atomic mass is 32.1.